The van der Waals surface area contributed by atoms with E-state index in [1.165, 1.54) is 10.9 Å². The van der Waals surface area contributed by atoms with Crippen molar-refractivity contribution >= 4 is 28.9 Å². The second-order valence-electron chi connectivity index (χ2n) is 7.96. The Balaban J connectivity index is 1.47. The van der Waals surface area contributed by atoms with Crippen molar-refractivity contribution in [1.82, 2.24) is 15.1 Å². The molecule has 0 unspecified atom stereocenters. The van der Waals surface area contributed by atoms with Crippen molar-refractivity contribution < 1.29 is 13.9 Å². The van der Waals surface area contributed by atoms with E-state index in [1.54, 1.807) is 79.1 Å². The molecule has 2 aromatic heterocycles. The molecule has 9 heteroatoms. The van der Waals surface area contributed by atoms with Gasteiger partial charge in [-0.05, 0) is 66.7 Å². The fraction of sp³-hybridized carbons (Fsp3) is 0.0357. The number of benzene rings is 3. The van der Waals surface area contributed by atoms with Crippen molar-refractivity contribution in [3.63, 3.8) is 0 Å². The summed E-state index contributed by atoms with van der Waals surface area (Å²) in [6, 6.07) is 26.2. The number of amides is 1. The molecule has 37 heavy (non-hydrogen) atoms. The molecule has 0 atom stereocenters. The van der Waals surface area contributed by atoms with E-state index in [2.05, 4.69) is 15.7 Å². The second-order valence-corrected chi connectivity index (χ2v) is 8.40. The number of furan rings is 1. The summed E-state index contributed by atoms with van der Waals surface area (Å²) >= 11 is 6.01. The summed E-state index contributed by atoms with van der Waals surface area (Å²) in [5.41, 5.74) is 1.18. The van der Waals surface area contributed by atoms with E-state index in [0.717, 1.165) is 0 Å². The molecule has 0 aliphatic carbocycles. The number of halogens is 1. The maximum atomic E-state index is 13.6. The van der Waals surface area contributed by atoms with Gasteiger partial charge in [0.05, 0.1) is 24.7 Å². The normalized spacial score (nSPS) is 10.6. The van der Waals surface area contributed by atoms with Gasteiger partial charge in [0.25, 0.3) is 11.5 Å². The number of nitrogens with one attached hydrogen (secondary N) is 2. The van der Waals surface area contributed by atoms with Crippen LogP contribution in [0.2, 0.25) is 5.02 Å². The summed E-state index contributed by atoms with van der Waals surface area (Å²) in [7, 11) is 0. The number of hydrogen-bond acceptors (Lipinski definition) is 6. The van der Waals surface area contributed by atoms with E-state index in [0.29, 0.717) is 33.5 Å². The third kappa shape index (κ3) is 5.71. The molecule has 1 amide bonds. The molecule has 2 heterocycles. The minimum atomic E-state index is -0.441. The number of para-hydroxylation sites is 1. The van der Waals surface area contributed by atoms with Gasteiger partial charge >= 0.3 is 0 Å². The van der Waals surface area contributed by atoms with Crippen molar-refractivity contribution in [2.45, 2.75) is 6.54 Å². The number of carbonyl (C=O) groups is 1. The van der Waals surface area contributed by atoms with Gasteiger partial charge in [0.2, 0.25) is 0 Å². The molecule has 5 aromatic rings. The predicted molar refractivity (Wildman–Crippen MR) is 141 cm³/mol. The van der Waals surface area contributed by atoms with Crippen molar-refractivity contribution in [2.75, 3.05) is 5.32 Å². The Morgan fingerprint density at radius 1 is 0.973 bits per heavy atom. The minimum Gasteiger partial charge on any atom is -0.467 e. The van der Waals surface area contributed by atoms with Gasteiger partial charge in [-0.25, -0.2) is 0 Å². The number of carbonyl (C=O) groups excluding carboxylic acids is 1. The summed E-state index contributed by atoms with van der Waals surface area (Å²) < 4.78 is 12.5. The fourth-order valence-electron chi connectivity index (χ4n) is 3.58. The molecular formula is C28H21ClN4O4. The largest absolute Gasteiger partial charge is 0.467 e. The van der Waals surface area contributed by atoms with E-state index in [1.807, 2.05) is 18.2 Å². The zero-order valence-corrected chi connectivity index (χ0v) is 20.2. The summed E-state index contributed by atoms with van der Waals surface area (Å²) in [5, 5.41) is 10.8. The molecule has 5 rings (SSSR count). The van der Waals surface area contributed by atoms with E-state index >= 15 is 0 Å². The van der Waals surface area contributed by atoms with Gasteiger partial charge < -0.3 is 19.8 Å². The van der Waals surface area contributed by atoms with Crippen LogP contribution in [0, 0.1) is 0 Å². The van der Waals surface area contributed by atoms with Crippen LogP contribution in [-0.4, -0.2) is 15.7 Å². The highest BCUT2D eigenvalue weighted by atomic mass is 35.5. The van der Waals surface area contributed by atoms with Crippen LogP contribution in [-0.2, 0) is 6.54 Å². The van der Waals surface area contributed by atoms with E-state index in [-0.39, 0.29) is 23.9 Å². The van der Waals surface area contributed by atoms with Crippen LogP contribution in [0.5, 0.6) is 11.5 Å². The smallest absolute Gasteiger partial charge is 0.299 e. The van der Waals surface area contributed by atoms with Crippen LogP contribution < -0.4 is 20.9 Å². The third-order valence-electron chi connectivity index (χ3n) is 5.38. The zero-order chi connectivity index (χ0) is 25.6. The number of hydrogen-bond donors (Lipinski definition) is 2. The second kappa shape index (κ2) is 10.8. The zero-order valence-electron chi connectivity index (χ0n) is 19.4. The first-order valence-corrected chi connectivity index (χ1v) is 11.7. The lowest BCUT2D eigenvalue weighted by Gasteiger charge is -2.15. The van der Waals surface area contributed by atoms with Crippen LogP contribution in [0.4, 0.5) is 11.4 Å². The maximum Gasteiger partial charge on any atom is 0.299 e. The molecule has 8 nitrogen and oxygen atoms in total. The Kier molecular flexibility index (Phi) is 7.00. The number of aromatic nitrogens is 2. The molecule has 0 spiro atoms. The molecule has 0 saturated carbocycles. The SMILES string of the molecule is O=C(NCc1ccco1)c1cccc(Nc2c(Oc3ccccc3)cnn(-c3ccc(Cl)cc3)c2=O)c1. The Morgan fingerprint density at radius 2 is 1.78 bits per heavy atom. The van der Waals surface area contributed by atoms with Gasteiger partial charge in [0, 0.05) is 16.3 Å². The van der Waals surface area contributed by atoms with Crippen molar-refractivity contribution in [2.24, 2.45) is 0 Å². The van der Waals surface area contributed by atoms with Gasteiger partial charge in [-0.3, -0.25) is 9.59 Å². The van der Waals surface area contributed by atoms with Crippen molar-refractivity contribution in [1.29, 1.82) is 0 Å². The molecule has 184 valence electrons. The topological polar surface area (TPSA) is 98.4 Å². The van der Waals surface area contributed by atoms with Crippen LogP contribution in [0.1, 0.15) is 16.1 Å². The van der Waals surface area contributed by atoms with E-state index in [4.69, 9.17) is 20.8 Å². The lowest BCUT2D eigenvalue weighted by Crippen LogP contribution is -2.24. The molecule has 0 aliphatic heterocycles. The summed E-state index contributed by atoms with van der Waals surface area (Å²) in [5.74, 6) is 1.13. The van der Waals surface area contributed by atoms with Gasteiger partial charge in [-0.15, -0.1) is 0 Å². The van der Waals surface area contributed by atoms with Crippen LogP contribution >= 0.6 is 11.6 Å². The molecule has 0 fully saturated rings. The van der Waals surface area contributed by atoms with Gasteiger partial charge in [0.15, 0.2) is 11.4 Å². The lowest BCUT2D eigenvalue weighted by atomic mass is 10.2. The van der Waals surface area contributed by atoms with Crippen molar-refractivity contribution in [3.8, 4) is 17.2 Å². The van der Waals surface area contributed by atoms with E-state index < -0.39 is 5.56 Å². The van der Waals surface area contributed by atoms with Crippen LogP contribution in [0.3, 0.4) is 0 Å². The van der Waals surface area contributed by atoms with Gasteiger partial charge in [-0.2, -0.15) is 9.78 Å². The quantitative estimate of drug-likeness (QED) is 0.267. The first-order valence-electron chi connectivity index (χ1n) is 11.4. The minimum absolute atomic E-state index is 0.155. The highest BCUT2D eigenvalue weighted by molar-refractivity contribution is 6.30. The summed E-state index contributed by atoms with van der Waals surface area (Å²) in [6.45, 7) is 0.259. The molecule has 0 bridgehead atoms. The Labute approximate surface area is 217 Å². The lowest BCUT2D eigenvalue weighted by molar-refractivity contribution is 0.0948. The first-order chi connectivity index (χ1) is 18.1. The Hall–Kier alpha value is -4.82. The van der Waals surface area contributed by atoms with Crippen molar-refractivity contribution in [3.05, 3.63) is 130 Å². The summed E-state index contributed by atoms with van der Waals surface area (Å²) in [6.07, 6.45) is 3.01. The third-order valence-corrected chi connectivity index (χ3v) is 5.63. The number of nitrogens with zero attached hydrogens (tertiary/aromatic N) is 2. The average molecular weight is 513 g/mol. The van der Waals surface area contributed by atoms with Gasteiger partial charge in [-0.1, -0.05) is 35.9 Å². The standard InChI is InChI=1S/C28H21ClN4O4/c29-20-11-13-22(14-12-20)33-28(35)26(25(18-31-33)37-23-8-2-1-3-9-23)32-21-7-4-6-19(16-21)27(34)30-17-24-10-5-15-36-24/h1-16,18,32H,17H2,(H,30,34). The molecule has 0 aliphatic rings. The molecule has 3 aromatic carbocycles. The van der Waals surface area contributed by atoms with Crippen LogP contribution in [0.15, 0.2) is 113 Å². The number of rotatable bonds is 8. The predicted octanol–water partition coefficient (Wildman–Crippen LogP) is 5.94. The Morgan fingerprint density at radius 3 is 2.54 bits per heavy atom. The van der Waals surface area contributed by atoms with Crippen LogP contribution in [0.25, 0.3) is 5.69 Å². The average Bonchev–Trinajstić information content (AvgIpc) is 3.45. The Bertz CT molecular complexity index is 1570. The monoisotopic (exact) mass is 512 g/mol. The molecule has 0 radical (unpaired) electrons. The van der Waals surface area contributed by atoms with E-state index in [9.17, 15) is 9.59 Å². The number of ether oxygens (including phenoxy) is 1. The maximum absolute atomic E-state index is 13.6. The van der Waals surface area contributed by atoms with Gasteiger partial charge in [0.1, 0.15) is 11.5 Å². The number of anilines is 2. The highest BCUT2D eigenvalue weighted by Crippen LogP contribution is 2.29. The highest BCUT2D eigenvalue weighted by Gasteiger charge is 2.16. The fourth-order valence-corrected chi connectivity index (χ4v) is 3.70. The molecule has 2 N–H and O–H groups in total. The molecule has 0 saturated heterocycles. The summed E-state index contributed by atoms with van der Waals surface area (Å²) in [4.78, 5) is 26.3. The molecular weight excluding hydrogens is 492 g/mol. The first kappa shape index (κ1) is 23.9.